The van der Waals surface area contributed by atoms with Crippen molar-refractivity contribution in [2.75, 3.05) is 19.8 Å². The Morgan fingerprint density at radius 1 is 1.37 bits per heavy atom. The average Bonchev–Trinajstić information content (AvgIpc) is 2.96. The molecule has 0 amide bonds. The summed E-state index contributed by atoms with van der Waals surface area (Å²) in [5.41, 5.74) is 1.25. The summed E-state index contributed by atoms with van der Waals surface area (Å²) in [5, 5.41) is 3.51. The predicted octanol–water partition coefficient (Wildman–Crippen LogP) is 3.31. The van der Waals surface area contributed by atoms with Crippen LogP contribution in [0, 0.1) is 0 Å². The highest BCUT2D eigenvalue weighted by Crippen LogP contribution is 2.27. The molecule has 2 atom stereocenters. The second-order valence-corrected chi connectivity index (χ2v) is 5.00. The van der Waals surface area contributed by atoms with Gasteiger partial charge in [-0.1, -0.05) is 32.0 Å². The molecule has 19 heavy (non-hydrogen) atoms. The van der Waals surface area contributed by atoms with E-state index in [2.05, 4.69) is 37.4 Å². The quantitative estimate of drug-likeness (QED) is 0.818. The van der Waals surface area contributed by atoms with Crippen molar-refractivity contribution in [1.82, 2.24) is 5.32 Å². The Morgan fingerprint density at radius 2 is 2.21 bits per heavy atom. The van der Waals surface area contributed by atoms with Crippen LogP contribution < -0.4 is 10.1 Å². The second-order valence-electron chi connectivity index (χ2n) is 5.00. The summed E-state index contributed by atoms with van der Waals surface area (Å²) >= 11 is 0. The number of benzene rings is 1. The summed E-state index contributed by atoms with van der Waals surface area (Å²) < 4.78 is 11.6. The molecule has 3 heteroatoms. The molecule has 3 nitrogen and oxygen atoms in total. The van der Waals surface area contributed by atoms with Crippen LogP contribution in [0.5, 0.6) is 5.75 Å². The molecule has 1 aromatic carbocycles. The first kappa shape index (κ1) is 14.4. The monoisotopic (exact) mass is 263 g/mol. The summed E-state index contributed by atoms with van der Waals surface area (Å²) in [6.45, 7) is 6.85. The van der Waals surface area contributed by atoms with E-state index in [0.29, 0.717) is 12.6 Å². The van der Waals surface area contributed by atoms with Gasteiger partial charge in [-0.15, -0.1) is 0 Å². The zero-order chi connectivity index (χ0) is 13.5. The summed E-state index contributed by atoms with van der Waals surface area (Å²) in [7, 11) is 0. The van der Waals surface area contributed by atoms with Gasteiger partial charge < -0.3 is 14.8 Å². The van der Waals surface area contributed by atoms with E-state index < -0.39 is 0 Å². The third kappa shape index (κ3) is 3.95. The minimum atomic E-state index is 0.271. The summed E-state index contributed by atoms with van der Waals surface area (Å²) in [4.78, 5) is 0. The van der Waals surface area contributed by atoms with Crippen LogP contribution in [0.4, 0.5) is 0 Å². The number of nitrogens with one attached hydrogen (secondary N) is 1. The van der Waals surface area contributed by atoms with Gasteiger partial charge in [0.2, 0.25) is 0 Å². The molecular formula is C16H25NO2. The van der Waals surface area contributed by atoms with Crippen molar-refractivity contribution in [3.05, 3.63) is 29.8 Å². The molecule has 0 radical (unpaired) electrons. The van der Waals surface area contributed by atoms with E-state index in [0.717, 1.165) is 38.2 Å². The number of rotatable bonds is 7. The molecule has 0 bridgehead atoms. The lowest BCUT2D eigenvalue weighted by Gasteiger charge is -2.21. The van der Waals surface area contributed by atoms with Crippen molar-refractivity contribution in [3.63, 3.8) is 0 Å². The molecule has 0 saturated carbocycles. The molecule has 0 spiro atoms. The summed E-state index contributed by atoms with van der Waals surface area (Å²) in [6.07, 6.45) is 3.61. The molecule has 106 valence electrons. The SMILES string of the molecule is CCNC(CC)c1ccccc1OCC1CCCO1. The van der Waals surface area contributed by atoms with Gasteiger partial charge in [-0.3, -0.25) is 0 Å². The molecular weight excluding hydrogens is 238 g/mol. The maximum absolute atomic E-state index is 5.99. The van der Waals surface area contributed by atoms with Crippen LogP contribution in [0.15, 0.2) is 24.3 Å². The second kappa shape index (κ2) is 7.51. The molecule has 0 aliphatic carbocycles. The van der Waals surface area contributed by atoms with E-state index >= 15 is 0 Å². The standard InChI is InChI=1S/C16H25NO2/c1-3-15(17-4-2)14-9-5-6-10-16(14)19-12-13-8-7-11-18-13/h5-6,9-10,13,15,17H,3-4,7-8,11-12H2,1-2H3. The fraction of sp³-hybridized carbons (Fsp3) is 0.625. The Balaban J connectivity index is 2.01. The first-order chi connectivity index (χ1) is 9.35. The zero-order valence-corrected chi connectivity index (χ0v) is 12.0. The number of para-hydroxylation sites is 1. The fourth-order valence-corrected chi connectivity index (χ4v) is 2.58. The fourth-order valence-electron chi connectivity index (χ4n) is 2.58. The maximum Gasteiger partial charge on any atom is 0.124 e. The van der Waals surface area contributed by atoms with Crippen molar-refractivity contribution in [2.24, 2.45) is 0 Å². The molecule has 1 heterocycles. The number of hydrogen-bond acceptors (Lipinski definition) is 3. The Labute approximate surface area is 116 Å². The Bertz CT molecular complexity index is 375. The van der Waals surface area contributed by atoms with Crippen LogP contribution in [0.25, 0.3) is 0 Å². The highest BCUT2D eigenvalue weighted by atomic mass is 16.5. The van der Waals surface area contributed by atoms with Gasteiger partial charge in [-0.2, -0.15) is 0 Å². The van der Waals surface area contributed by atoms with Gasteiger partial charge in [0.15, 0.2) is 0 Å². The Morgan fingerprint density at radius 3 is 2.89 bits per heavy atom. The van der Waals surface area contributed by atoms with Gasteiger partial charge in [0.05, 0.1) is 6.10 Å². The van der Waals surface area contributed by atoms with Gasteiger partial charge in [0, 0.05) is 18.2 Å². The predicted molar refractivity (Wildman–Crippen MR) is 77.6 cm³/mol. The van der Waals surface area contributed by atoms with E-state index in [4.69, 9.17) is 9.47 Å². The molecule has 1 aliphatic heterocycles. The van der Waals surface area contributed by atoms with E-state index in [-0.39, 0.29) is 6.10 Å². The third-order valence-electron chi connectivity index (χ3n) is 3.60. The van der Waals surface area contributed by atoms with Crippen molar-refractivity contribution < 1.29 is 9.47 Å². The summed E-state index contributed by atoms with van der Waals surface area (Å²) in [5.74, 6) is 0.991. The third-order valence-corrected chi connectivity index (χ3v) is 3.60. The van der Waals surface area contributed by atoms with E-state index in [1.807, 2.05) is 6.07 Å². The van der Waals surface area contributed by atoms with Gasteiger partial charge >= 0.3 is 0 Å². The lowest BCUT2D eigenvalue weighted by Crippen LogP contribution is -2.22. The zero-order valence-electron chi connectivity index (χ0n) is 12.0. The molecule has 1 fully saturated rings. The number of hydrogen-bond donors (Lipinski definition) is 1. The lowest BCUT2D eigenvalue weighted by molar-refractivity contribution is 0.0674. The first-order valence-corrected chi connectivity index (χ1v) is 7.41. The minimum Gasteiger partial charge on any atom is -0.491 e. The van der Waals surface area contributed by atoms with Gasteiger partial charge in [-0.05, 0) is 31.9 Å². The molecule has 1 N–H and O–H groups in total. The van der Waals surface area contributed by atoms with Crippen LogP contribution in [0.2, 0.25) is 0 Å². The Kier molecular flexibility index (Phi) is 5.67. The largest absolute Gasteiger partial charge is 0.491 e. The van der Waals surface area contributed by atoms with Gasteiger partial charge in [-0.25, -0.2) is 0 Å². The lowest BCUT2D eigenvalue weighted by atomic mass is 10.0. The van der Waals surface area contributed by atoms with Crippen LogP contribution in [-0.4, -0.2) is 25.9 Å². The highest BCUT2D eigenvalue weighted by Gasteiger charge is 2.18. The van der Waals surface area contributed by atoms with Crippen LogP contribution in [0.1, 0.15) is 44.7 Å². The van der Waals surface area contributed by atoms with Crippen molar-refractivity contribution >= 4 is 0 Å². The maximum atomic E-state index is 5.99. The van der Waals surface area contributed by atoms with Gasteiger partial charge in [0.1, 0.15) is 12.4 Å². The van der Waals surface area contributed by atoms with Crippen molar-refractivity contribution in [1.29, 1.82) is 0 Å². The van der Waals surface area contributed by atoms with Crippen LogP contribution >= 0.6 is 0 Å². The van der Waals surface area contributed by atoms with E-state index in [1.54, 1.807) is 0 Å². The molecule has 0 aromatic heterocycles. The normalized spacial score (nSPS) is 20.4. The topological polar surface area (TPSA) is 30.5 Å². The molecule has 2 unspecified atom stereocenters. The molecule has 1 aliphatic rings. The van der Waals surface area contributed by atoms with Gasteiger partial charge in [0.25, 0.3) is 0 Å². The van der Waals surface area contributed by atoms with Crippen molar-refractivity contribution in [2.45, 2.75) is 45.3 Å². The highest BCUT2D eigenvalue weighted by molar-refractivity contribution is 5.36. The summed E-state index contributed by atoms with van der Waals surface area (Å²) in [6, 6.07) is 8.69. The smallest absolute Gasteiger partial charge is 0.124 e. The molecule has 2 rings (SSSR count). The molecule has 1 saturated heterocycles. The van der Waals surface area contributed by atoms with Crippen molar-refractivity contribution in [3.8, 4) is 5.75 Å². The van der Waals surface area contributed by atoms with E-state index in [9.17, 15) is 0 Å². The van der Waals surface area contributed by atoms with Crippen LogP contribution in [-0.2, 0) is 4.74 Å². The Hall–Kier alpha value is -1.06. The number of ether oxygens (including phenoxy) is 2. The average molecular weight is 263 g/mol. The van der Waals surface area contributed by atoms with Crippen LogP contribution in [0.3, 0.4) is 0 Å². The first-order valence-electron chi connectivity index (χ1n) is 7.41. The molecule has 1 aromatic rings. The minimum absolute atomic E-state index is 0.271. The van der Waals surface area contributed by atoms with E-state index in [1.165, 1.54) is 5.56 Å².